The fourth-order valence-corrected chi connectivity index (χ4v) is 1.94. The summed E-state index contributed by atoms with van der Waals surface area (Å²) in [5.74, 6) is -0.365. The third-order valence-electron chi connectivity index (χ3n) is 2.79. The van der Waals surface area contributed by atoms with E-state index >= 15 is 0 Å². The van der Waals surface area contributed by atoms with Crippen LogP contribution in [0.1, 0.15) is 21.5 Å². The third-order valence-corrected chi connectivity index (χ3v) is 3.16. The van der Waals surface area contributed by atoms with Crippen LogP contribution < -0.4 is 0 Å². The zero-order valence-corrected chi connectivity index (χ0v) is 10.7. The first kappa shape index (κ1) is 12.8. The Morgan fingerprint density at radius 3 is 2.61 bits per heavy atom. The lowest BCUT2D eigenvalue weighted by molar-refractivity contribution is 0.0993. The Hall–Kier alpha value is -1.67. The van der Waals surface area contributed by atoms with Crippen LogP contribution >= 0.6 is 11.6 Å². The van der Waals surface area contributed by atoms with Crippen molar-refractivity contribution in [2.45, 2.75) is 13.3 Å². The number of benzene rings is 2. The van der Waals surface area contributed by atoms with Gasteiger partial charge in [0, 0.05) is 17.0 Å². The molecule has 0 amide bonds. The van der Waals surface area contributed by atoms with E-state index < -0.39 is 0 Å². The van der Waals surface area contributed by atoms with Gasteiger partial charge in [-0.25, -0.2) is 4.39 Å². The van der Waals surface area contributed by atoms with Crippen LogP contribution in [0.4, 0.5) is 4.39 Å². The van der Waals surface area contributed by atoms with Crippen molar-refractivity contribution in [1.82, 2.24) is 0 Å². The topological polar surface area (TPSA) is 17.1 Å². The summed E-state index contributed by atoms with van der Waals surface area (Å²) < 4.78 is 13.1. The highest BCUT2D eigenvalue weighted by atomic mass is 35.5. The fourth-order valence-electron chi connectivity index (χ4n) is 1.73. The number of ketones is 1. The molecule has 0 aliphatic carbocycles. The van der Waals surface area contributed by atoms with Crippen LogP contribution in [0.25, 0.3) is 0 Å². The molecule has 0 saturated heterocycles. The van der Waals surface area contributed by atoms with Crippen LogP contribution in [0.15, 0.2) is 42.5 Å². The summed E-state index contributed by atoms with van der Waals surface area (Å²) in [5.41, 5.74) is 1.76. The molecule has 0 spiro atoms. The van der Waals surface area contributed by atoms with Gasteiger partial charge in [0.1, 0.15) is 5.82 Å². The van der Waals surface area contributed by atoms with Crippen LogP contribution in [0, 0.1) is 12.7 Å². The lowest BCUT2D eigenvalue weighted by atomic mass is 10.0. The number of rotatable bonds is 3. The number of Topliss-reactive ketones (excluding diaryl/α,β-unsaturated/α-hetero) is 1. The summed E-state index contributed by atoms with van der Waals surface area (Å²) in [4.78, 5) is 12.0. The van der Waals surface area contributed by atoms with E-state index in [-0.39, 0.29) is 18.0 Å². The largest absolute Gasteiger partial charge is 0.294 e. The molecule has 0 atom stereocenters. The van der Waals surface area contributed by atoms with Crippen LogP contribution in [0.5, 0.6) is 0 Å². The minimum absolute atomic E-state index is 0.0637. The molecule has 2 aromatic rings. The molecule has 0 aromatic heterocycles. The lowest BCUT2D eigenvalue weighted by Crippen LogP contribution is -2.04. The van der Waals surface area contributed by atoms with E-state index in [4.69, 9.17) is 11.6 Å². The van der Waals surface area contributed by atoms with Gasteiger partial charge in [0.05, 0.1) is 0 Å². The van der Waals surface area contributed by atoms with E-state index in [0.717, 1.165) is 5.56 Å². The van der Waals surface area contributed by atoms with Crippen molar-refractivity contribution in [3.05, 3.63) is 70.0 Å². The zero-order chi connectivity index (χ0) is 13.1. The van der Waals surface area contributed by atoms with Crippen molar-refractivity contribution in [3.8, 4) is 0 Å². The molecular formula is C15H12ClFO. The van der Waals surface area contributed by atoms with Crippen molar-refractivity contribution >= 4 is 17.4 Å². The Morgan fingerprint density at radius 1 is 1.22 bits per heavy atom. The molecule has 0 bridgehead atoms. The quantitative estimate of drug-likeness (QED) is 0.757. The summed E-state index contributed by atoms with van der Waals surface area (Å²) in [5, 5.41) is 0.574. The summed E-state index contributed by atoms with van der Waals surface area (Å²) in [6.45, 7) is 1.64. The molecule has 3 heteroatoms. The lowest BCUT2D eigenvalue weighted by Gasteiger charge is -2.05. The second-order valence-corrected chi connectivity index (χ2v) is 4.56. The van der Waals surface area contributed by atoms with Crippen molar-refractivity contribution in [1.29, 1.82) is 0 Å². The second kappa shape index (κ2) is 5.32. The van der Waals surface area contributed by atoms with Gasteiger partial charge in [0.25, 0.3) is 0 Å². The maximum absolute atomic E-state index is 13.1. The number of carbonyl (C=O) groups excluding carboxylic acids is 1. The van der Waals surface area contributed by atoms with Crippen LogP contribution in [-0.2, 0) is 6.42 Å². The third kappa shape index (κ3) is 2.77. The highest BCUT2D eigenvalue weighted by Gasteiger charge is 2.10. The van der Waals surface area contributed by atoms with Crippen molar-refractivity contribution in [2.75, 3.05) is 0 Å². The first-order chi connectivity index (χ1) is 8.58. The predicted molar refractivity (Wildman–Crippen MR) is 70.6 cm³/mol. The first-order valence-corrected chi connectivity index (χ1v) is 5.98. The molecule has 0 radical (unpaired) electrons. The number of aryl methyl sites for hydroxylation is 1. The molecular weight excluding hydrogens is 251 g/mol. The van der Waals surface area contributed by atoms with Gasteiger partial charge < -0.3 is 0 Å². The van der Waals surface area contributed by atoms with Gasteiger partial charge in [-0.3, -0.25) is 4.79 Å². The predicted octanol–water partition coefficient (Wildman–Crippen LogP) is 4.21. The molecule has 2 rings (SSSR count). The zero-order valence-electron chi connectivity index (χ0n) is 9.91. The van der Waals surface area contributed by atoms with Gasteiger partial charge >= 0.3 is 0 Å². The van der Waals surface area contributed by atoms with Gasteiger partial charge in [0.2, 0.25) is 0 Å². The molecule has 1 nitrogen and oxygen atoms in total. The molecule has 0 heterocycles. The van der Waals surface area contributed by atoms with Gasteiger partial charge in [-0.05, 0) is 42.3 Å². The minimum Gasteiger partial charge on any atom is -0.294 e. The average Bonchev–Trinajstić information content (AvgIpc) is 2.35. The van der Waals surface area contributed by atoms with E-state index in [0.29, 0.717) is 16.1 Å². The van der Waals surface area contributed by atoms with Gasteiger partial charge in [0.15, 0.2) is 5.78 Å². The maximum Gasteiger partial charge on any atom is 0.167 e. The standard InChI is InChI=1S/C15H12ClFO/c1-10-8-12(6-7-14(10)17)15(18)9-11-4-2-3-5-13(11)16/h2-8H,9H2,1H3. The van der Waals surface area contributed by atoms with Gasteiger partial charge in [-0.15, -0.1) is 0 Å². The molecule has 0 saturated carbocycles. The Bertz CT molecular complexity index is 593. The highest BCUT2D eigenvalue weighted by molar-refractivity contribution is 6.31. The number of halogens is 2. The van der Waals surface area contributed by atoms with Crippen LogP contribution in [0.2, 0.25) is 5.02 Å². The molecule has 92 valence electrons. The Morgan fingerprint density at radius 2 is 1.94 bits per heavy atom. The smallest absolute Gasteiger partial charge is 0.167 e. The molecule has 18 heavy (non-hydrogen) atoms. The van der Waals surface area contributed by atoms with E-state index in [1.807, 2.05) is 18.2 Å². The van der Waals surface area contributed by atoms with E-state index in [1.165, 1.54) is 12.1 Å². The van der Waals surface area contributed by atoms with Gasteiger partial charge in [-0.2, -0.15) is 0 Å². The Labute approximate surface area is 110 Å². The molecule has 0 unspecified atom stereocenters. The second-order valence-electron chi connectivity index (χ2n) is 4.16. The average molecular weight is 263 g/mol. The molecule has 0 N–H and O–H groups in total. The first-order valence-electron chi connectivity index (χ1n) is 5.60. The summed E-state index contributed by atoms with van der Waals surface area (Å²) >= 11 is 6.00. The Balaban J connectivity index is 2.22. The SMILES string of the molecule is Cc1cc(C(=O)Cc2ccccc2Cl)ccc1F. The fraction of sp³-hybridized carbons (Fsp3) is 0.133. The van der Waals surface area contributed by atoms with Crippen LogP contribution in [0.3, 0.4) is 0 Å². The van der Waals surface area contributed by atoms with E-state index in [9.17, 15) is 9.18 Å². The summed E-state index contributed by atoms with van der Waals surface area (Å²) in [7, 11) is 0. The van der Waals surface area contributed by atoms with Crippen molar-refractivity contribution in [2.24, 2.45) is 0 Å². The molecule has 0 aliphatic heterocycles. The maximum atomic E-state index is 13.1. The number of hydrogen-bond donors (Lipinski definition) is 0. The molecule has 2 aromatic carbocycles. The van der Waals surface area contributed by atoms with Crippen molar-refractivity contribution in [3.63, 3.8) is 0 Å². The van der Waals surface area contributed by atoms with E-state index in [1.54, 1.807) is 19.1 Å². The Kier molecular flexibility index (Phi) is 3.78. The minimum atomic E-state index is -0.302. The monoisotopic (exact) mass is 262 g/mol. The normalized spacial score (nSPS) is 10.4. The van der Waals surface area contributed by atoms with Crippen molar-refractivity contribution < 1.29 is 9.18 Å². The number of carbonyl (C=O) groups is 1. The molecule has 0 aliphatic rings. The summed E-state index contributed by atoms with van der Waals surface area (Å²) in [6.07, 6.45) is 0.227. The van der Waals surface area contributed by atoms with E-state index in [2.05, 4.69) is 0 Å². The summed E-state index contributed by atoms with van der Waals surface area (Å²) in [6, 6.07) is 11.6. The van der Waals surface area contributed by atoms with Crippen LogP contribution in [-0.4, -0.2) is 5.78 Å². The molecule has 0 fully saturated rings. The number of hydrogen-bond acceptors (Lipinski definition) is 1. The highest BCUT2D eigenvalue weighted by Crippen LogP contribution is 2.18. The van der Waals surface area contributed by atoms with Gasteiger partial charge in [-0.1, -0.05) is 29.8 Å².